The first-order chi connectivity index (χ1) is 8.40. The molecule has 0 bridgehead atoms. The monoisotopic (exact) mass is 266 g/mol. The molecule has 0 unspecified atom stereocenters. The molecule has 18 heavy (non-hydrogen) atoms. The largest absolute Gasteiger partial charge is 0.394 e. The maximum atomic E-state index is 12.2. The molecule has 0 atom stereocenters. The lowest BCUT2D eigenvalue weighted by Crippen LogP contribution is -2.15. The molecule has 96 valence electrons. The van der Waals surface area contributed by atoms with Gasteiger partial charge in [0, 0.05) is 0 Å². The van der Waals surface area contributed by atoms with Crippen molar-refractivity contribution in [1.82, 2.24) is 10.2 Å². The van der Waals surface area contributed by atoms with Gasteiger partial charge in [-0.1, -0.05) is 17.7 Å². The number of hydrogen-bond acceptors (Lipinski definition) is 4. The molecule has 0 aliphatic heterocycles. The molecular weight excluding hydrogens is 252 g/mol. The molecule has 1 aromatic carbocycles. The average molecular weight is 266 g/mol. The highest BCUT2D eigenvalue weighted by molar-refractivity contribution is 7.92. The van der Waals surface area contributed by atoms with Gasteiger partial charge in [-0.15, -0.1) is 0 Å². The second kappa shape index (κ2) is 4.34. The van der Waals surface area contributed by atoms with Gasteiger partial charge in [-0.3, -0.25) is 9.82 Å². The van der Waals surface area contributed by atoms with E-state index in [9.17, 15) is 8.42 Å². The van der Waals surface area contributed by atoms with Crippen LogP contribution in [-0.4, -0.2) is 18.6 Å². The van der Waals surface area contributed by atoms with E-state index >= 15 is 0 Å². The lowest BCUT2D eigenvalue weighted by atomic mass is 10.2. The van der Waals surface area contributed by atoms with Crippen molar-refractivity contribution >= 4 is 21.5 Å². The smallest absolute Gasteiger partial charge is 0.263 e. The minimum absolute atomic E-state index is 0.176. The van der Waals surface area contributed by atoms with Gasteiger partial charge in [0.2, 0.25) is 0 Å². The molecule has 0 aliphatic carbocycles. The van der Waals surface area contributed by atoms with Gasteiger partial charge in [0.25, 0.3) is 10.0 Å². The molecule has 1 aromatic heterocycles. The quantitative estimate of drug-likeness (QED) is 0.781. The molecule has 0 aliphatic rings. The number of nitrogens with one attached hydrogen (secondary N) is 2. The van der Waals surface area contributed by atoms with Crippen molar-refractivity contribution in [3.8, 4) is 0 Å². The van der Waals surface area contributed by atoms with E-state index in [4.69, 9.17) is 5.73 Å². The minimum Gasteiger partial charge on any atom is -0.394 e. The summed E-state index contributed by atoms with van der Waals surface area (Å²) in [6, 6.07) is 5.13. The Labute approximate surface area is 105 Å². The van der Waals surface area contributed by atoms with Crippen molar-refractivity contribution in [2.24, 2.45) is 0 Å². The third-order valence-corrected chi connectivity index (χ3v) is 4.03. The van der Waals surface area contributed by atoms with E-state index in [0.29, 0.717) is 5.56 Å². The van der Waals surface area contributed by atoms with Crippen molar-refractivity contribution < 1.29 is 8.42 Å². The number of nitrogen functional groups attached to an aromatic ring is 1. The van der Waals surface area contributed by atoms with Crippen LogP contribution >= 0.6 is 0 Å². The molecule has 4 N–H and O–H groups in total. The standard InChI is InChI=1S/C11H14N4O2S/c1-7-3-4-10(8(2)5-7)18(16,17)15-11-9(12)6-13-14-11/h3-6H,12H2,1-2H3,(H2,13,14,15). The Bertz CT molecular complexity index is 676. The van der Waals surface area contributed by atoms with Gasteiger partial charge in [-0.05, 0) is 25.5 Å². The second-order valence-corrected chi connectivity index (χ2v) is 5.73. The summed E-state index contributed by atoms with van der Waals surface area (Å²) in [5, 5.41) is 6.16. The maximum Gasteiger partial charge on any atom is 0.263 e. The summed E-state index contributed by atoms with van der Waals surface area (Å²) in [4.78, 5) is 0.224. The Kier molecular flexibility index (Phi) is 3.00. The zero-order valence-electron chi connectivity index (χ0n) is 10.1. The first kappa shape index (κ1) is 12.4. The Morgan fingerprint density at radius 3 is 2.61 bits per heavy atom. The van der Waals surface area contributed by atoms with Crippen LogP contribution < -0.4 is 10.5 Å². The molecule has 6 nitrogen and oxygen atoms in total. The number of H-pyrrole nitrogens is 1. The number of hydrogen-bond donors (Lipinski definition) is 3. The summed E-state index contributed by atoms with van der Waals surface area (Å²) in [5.74, 6) is 0.176. The highest BCUT2D eigenvalue weighted by atomic mass is 32.2. The molecule has 7 heteroatoms. The molecule has 0 saturated heterocycles. The van der Waals surface area contributed by atoms with Crippen molar-refractivity contribution in [3.05, 3.63) is 35.5 Å². The first-order valence-electron chi connectivity index (χ1n) is 5.29. The third kappa shape index (κ3) is 2.30. The van der Waals surface area contributed by atoms with Gasteiger partial charge < -0.3 is 5.73 Å². The van der Waals surface area contributed by atoms with Crippen LogP contribution in [0.15, 0.2) is 29.3 Å². The summed E-state index contributed by atoms with van der Waals surface area (Å²) in [6.45, 7) is 3.65. The Morgan fingerprint density at radius 1 is 1.33 bits per heavy atom. The fourth-order valence-electron chi connectivity index (χ4n) is 1.67. The molecule has 1 heterocycles. The van der Waals surface area contributed by atoms with E-state index in [-0.39, 0.29) is 16.4 Å². The Balaban J connectivity index is 2.40. The van der Waals surface area contributed by atoms with Gasteiger partial charge in [0.1, 0.15) is 0 Å². The van der Waals surface area contributed by atoms with Crippen LogP contribution in [0.4, 0.5) is 11.5 Å². The summed E-state index contributed by atoms with van der Waals surface area (Å²) in [6.07, 6.45) is 1.35. The molecule has 2 rings (SSSR count). The fourth-order valence-corrected chi connectivity index (χ4v) is 2.94. The topological polar surface area (TPSA) is 101 Å². The lowest BCUT2D eigenvalue weighted by molar-refractivity contribution is 0.600. The van der Waals surface area contributed by atoms with Crippen LogP contribution in [0.3, 0.4) is 0 Å². The first-order valence-corrected chi connectivity index (χ1v) is 6.77. The zero-order chi connectivity index (χ0) is 13.3. The second-order valence-electron chi connectivity index (χ2n) is 4.07. The van der Waals surface area contributed by atoms with Crippen LogP contribution in [0.1, 0.15) is 11.1 Å². The van der Waals surface area contributed by atoms with Gasteiger partial charge >= 0.3 is 0 Å². The van der Waals surface area contributed by atoms with Crippen LogP contribution in [0.5, 0.6) is 0 Å². The fraction of sp³-hybridized carbons (Fsp3) is 0.182. The molecule has 0 spiro atoms. The summed E-state index contributed by atoms with van der Waals surface area (Å²) < 4.78 is 26.7. The van der Waals surface area contributed by atoms with E-state index in [1.807, 2.05) is 13.0 Å². The SMILES string of the molecule is Cc1ccc(S(=O)(=O)Nc2[nH]ncc2N)c(C)c1. The van der Waals surface area contributed by atoms with Gasteiger partial charge in [-0.25, -0.2) is 8.42 Å². The molecular formula is C11H14N4O2S. The molecule has 0 radical (unpaired) electrons. The number of anilines is 2. The number of sulfonamides is 1. The third-order valence-electron chi connectivity index (χ3n) is 2.53. The highest BCUT2D eigenvalue weighted by Crippen LogP contribution is 2.21. The van der Waals surface area contributed by atoms with Gasteiger partial charge in [0.05, 0.1) is 16.8 Å². The van der Waals surface area contributed by atoms with Crippen molar-refractivity contribution in [3.63, 3.8) is 0 Å². The predicted molar refractivity (Wildman–Crippen MR) is 69.7 cm³/mol. The van der Waals surface area contributed by atoms with Crippen molar-refractivity contribution in [2.75, 3.05) is 10.5 Å². The lowest BCUT2D eigenvalue weighted by Gasteiger charge is -2.09. The molecule has 0 saturated carbocycles. The number of benzene rings is 1. The normalized spacial score (nSPS) is 11.4. The van der Waals surface area contributed by atoms with E-state index in [1.54, 1.807) is 19.1 Å². The van der Waals surface area contributed by atoms with Crippen LogP contribution in [-0.2, 0) is 10.0 Å². The number of aromatic nitrogens is 2. The van der Waals surface area contributed by atoms with Gasteiger partial charge in [0.15, 0.2) is 5.82 Å². The summed E-state index contributed by atoms with van der Waals surface area (Å²) >= 11 is 0. The number of aromatic amines is 1. The minimum atomic E-state index is -3.65. The average Bonchev–Trinajstić information content (AvgIpc) is 2.63. The number of nitrogens with zero attached hydrogens (tertiary/aromatic N) is 1. The highest BCUT2D eigenvalue weighted by Gasteiger charge is 2.18. The molecule has 0 fully saturated rings. The van der Waals surface area contributed by atoms with E-state index in [0.717, 1.165) is 5.56 Å². The van der Waals surface area contributed by atoms with Crippen molar-refractivity contribution in [1.29, 1.82) is 0 Å². The number of aryl methyl sites for hydroxylation is 2. The Morgan fingerprint density at radius 2 is 2.06 bits per heavy atom. The summed E-state index contributed by atoms with van der Waals surface area (Å²) in [7, 11) is -3.65. The van der Waals surface area contributed by atoms with E-state index in [1.165, 1.54) is 6.20 Å². The summed E-state index contributed by atoms with van der Waals surface area (Å²) in [5.41, 5.74) is 7.51. The van der Waals surface area contributed by atoms with E-state index in [2.05, 4.69) is 14.9 Å². The predicted octanol–water partition coefficient (Wildman–Crippen LogP) is 1.41. The number of rotatable bonds is 3. The molecule has 0 amide bonds. The zero-order valence-corrected chi connectivity index (χ0v) is 10.9. The number of nitrogens with two attached hydrogens (primary N) is 1. The van der Waals surface area contributed by atoms with Crippen LogP contribution in [0.25, 0.3) is 0 Å². The van der Waals surface area contributed by atoms with Crippen molar-refractivity contribution in [2.45, 2.75) is 18.7 Å². The van der Waals surface area contributed by atoms with E-state index < -0.39 is 10.0 Å². The molecule has 2 aromatic rings. The van der Waals surface area contributed by atoms with Crippen LogP contribution in [0, 0.1) is 13.8 Å². The van der Waals surface area contributed by atoms with Crippen LogP contribution in [0.2, 0.25) is 0 Å². The maximum absolute atomic E-state index is 12.2. The van der Waals surface area contributed by atoms with Gasteiger partial charge in [-0.2, -0.15) is 5.10 Å². The Hall–Kier alpha value is -2.02.